The van der Waals surface area contributed by atoms with Crippen molar-refractivity contribution in [2.45, 2.75) is 23.8 Å². The molecule has 1 saturated heterocycles. The van der Waals surface area contributed by atoms with Crippen molar-refractivity contribution < 1.29 is 18.3 Å². The van der Waals surface area contributed by atoms with Gasteiger partial charge in [0.1, 0.15) is 6.04 Å². The van der Waals surface area contributed by atoms with Crippen molar-refractivity contribution >= 4 is 42.7 Å². The van der Waals surface area contributed by atoms with Crippen molar-refractivity contribution in [2.24, 2.45) is 0 Å². The minimum absolute atomic E-state index is 0.135. The molecule has 0 spiro atoms. The maximum atomic E-state index is 12.7. The van der Waals surface area contributed by atoms with E-state index in [1.54, 1.807) is 12.1 Å². The smallest absolute Gasteiger partial charge is 0.322 e. The molecule has 5 nitrogen and oxygen atoms in total. The summed E-state index contributed by atoms with van der Waals surface area (Å²) in [4.78, 5) is 11.4. The standard InChI is InChI=1S/C15H14BrNO4S/c16-12-5-3-11-9-13(6-4-10(11)8-12)22(20,21)17-7-1-2-14(17)15(18)19/h3-6,8-9,14H,1-2,7H2,(H,18,19)/t14-/m1/s1. The molecule has 0 amide bonds. The van der Waals surface area contributed by atoms with Crippen LogP contribution in [0, 0.1) is 0 Å². The molecule has 1 heterocycles. The molecule has 2 aromatic rings. The summed E-state index contributed by atoms with van der Waals surface area (Å²) in [6.07, 6.45) is 0.922. The van der Waals surface area contributed by atoms with E-state index >= 15 is 0 Å². The Bertz CT molecular complexity index is 850. The van der Waals surface area contributed by atoms with Gasteiger partial charge in [-0.05, 0) is 47.9 Å². The third-order valence-electron chi connectivity index (χ3n) is 3.87. The number of sulfonamides is 1. The lowest BCUT2D eigenvalue weighted by atomic mass is 10.1. The second-order valence-corrected chi connectivity index (χ2v) is 8.07. The van der Waals surface area contributed by atoms with Crippen molar-refractivity contribution in [3.8, 4) is 0 Å². The van der Waals surface area contributed by atoms with E-state index in [-0.39, 0.29) is 11.4 Å². The second kappa shape index (κ2) is 5.64. The quantitative estimate of drug-likeness (QED) is 0.883. The van der Waals surface area contributed by atoms with Crippen LogP contribution in [0.4, 0.5) is 0 Å². The normalized spacial score (nSPS) is 19.6. The van der Waals surface area contributed by atoms with Crippen LogP contribution in [0.5, 0.6) is 0 Å². The number of hydrogen-bond acceptors (Lipinski definition) is 3. The molecular formula is C15H14BrNO4S. The van der Waals surface area contributed by atoms with Gasteiger partial charge in [-0.25, -0.2) is 8.42 Å². The average Bonchev–Trinajstić information content (AvgIpc) is 2.97. The number of halogens is 1. The number of carboxylic acids is 1. The Kier molecular flexibility index (Phi) is 3.96. The van der Waals surface area contributed by atoms with E-state index in [9.17, 15) is 18.3 Å². The van der Waals surface area contributed by atoms with E-state index < -0.39 is 22.0 Å². The molecule has 1 N–H and O–H groups in total. The van der Waals surface area contributed by atoms with Gasteiger partial charge in [0.15, 0.2) is 0 Å². The number of nitrogens with zero attached hydrogens (tertiary/aromatic N) is 1. The molecule has 0 bridgehead atoms. The van der Waals surface area contributed by atoms with Crippen LogP contribution in [-0.4, -0.2) is 36.4 Å². The number of benzene rings is 2. The maximum absolute atomic E-state index is 12.7. The third kappa shape index (κ3) is 2.64. The van der Waals surface area contributed by atoms with Crippen molar-refractivity contribution in [3.05, 3.63) is 40.9 Å². The molecule has 1 aliphatic heterocycles. The molecule has 0 aliphatic carbocycles. The van der Waals surface area contributed by atoms with Gasteiger partial charge in [0.05, 0.1) is 4.90 Å². The van der Waals surface area contributed by atoms with Gasteiger partial charge in [0, 0.05) is 11.0 Å². The highest BCUT2D eigenvalue weighted by atomic mass is 79.9. The molecule has 0 saturated carbocycles. The molecule has 0 unspecified atom stereocenters. The lowest BCUT2D eigenvalue weighted by molar-refractivity contribution is -0.140. The molecule has 2 aromatic carbocycles. The highest BCUT2D eigenvalue weighted by Gasteiger charge is 2.39. The van der Waals surface area contributed by atoms with Crippen LogP contribution < -0.4 is 0 Å². The minimum atomic E-state index is -3.79. The number of fused-ring (bicyclic) bond motifs is 1. The molecule has 1 atom stereocenters. The molecule has 1 aliphatic rings. The topological polar surface area (TPSA) is 74.7 Å². The lowest BCUT2D eigenvalue weighted by Crippen LogP contribution is -2.40. The van der Waals surface area contributed by atoms with Gasteiger partial charge in [-0.3, -0.25) is 4.79 Å². The largest absolute Gasteiger partial charge is 0.480 e. The Hall–Kier alpha value is -1.44. The number of carboxylic acid groups (broad SMARTS) is 1. The minimum Gasteiger partial charge on any atom is -0.480 e. The predicted molar refractivity (Wildman–Crippen MR) is 86.2 cm³/mol. The predicted octanol–water partition coefficient (Wildman–Crippen LogP) is 2.84. The van der Waals surface area contributed by atoms with E-state index in [0.29, 0.717) is 12.8 Å². The fourth-order valence-corrected chi connectivity index (χ4v) is 4.83. The van der Waals surface area contributed by atoms with Crippen molar-refractivity contribution in [3.63, 3.8) is 0 Å². The van der Waals surface area contributed by atoms with E-state index in [4.69, 9.17) is 0 Å². The van der Waals surface area contributed by atoms with Gasteiger partial charge in [0.2, 0.25) is 10.0 Å². The molecule has 0 aromatic heterocycles. The van der Waals surface area contributed by atoms with Gasteiger partial charge >= 0.3 is 5.97 Å². The van der Waals surface area contributed by atoms with Gasteiger partial charge in [-0.2, -0.15) is 4.31 Å². The van der Waals surface area contributed by atoms with Gasteiger partial charge in [0.25, 0.3) is 0 Å². The zero-order chi connectivity index (χ0) is 15.9. The Morgan fingerprint density at radius 1 is 1.18 bits per heavy atom. The van der Waals surface area contributed by atoms with E-state index in [1.807, 2.05) is 18.2 Å². The second-order valence-electron chi connectivity index (χ2n) is 5.27. The summed E-state index contributed by atoms with van der Waals surface area (Å²) >= 11 is 3.38. The molecule has 0 radical (unpaired) electrons. The molecule has 7 heteroatoms. The molecule has 116 valence electrons. The van der Waals surface area contributed by atoms with Crippen LogP contribution in [-0.2, 0) is 14.8 Å². The summed E-state index contributed by atoms with van der Waals surface area (Å²) in [5.74, 6) is -1.09. The molecule has 3 rings (SSSR count). The SMILES string of the molecule is O=C(O)[C@H]1CCCN1S(=O)(=O)c1ccc2cc(Br)ccc2c1. The summed E-state index contributed by atoms with van der Waals surface area (Å²) in [6, 6.07) is 9.47. The highest BCUT2D eigenvalue weighted by Crippen LogP contribution is 2.29. The van der Waals surface area contributed by atoms with E-state index in [0.717, 1.165) is 19.6 Å². The number of carbonyl (C=O) groups is 1. The number of hydrogen-bond donors (Lipinski definition) is 1. The first-order valence-corrected chi connectivity index (χ1v) is 9.07. The summed E-state index contributed by atoms with van der Waals surface area (Å²) < 4.78 is 27.4. The van der Waals surface area contributed by atoms with Crippen LogP contribution in [0.1, 0.15) is 12.8 Å². The van der Waals surface area contributed by atoms with Gasteiger partial charge in [-0.15, -0.1) is 0 Å². The van der Waals surface area contributed by atoms with Crippen LogP contribution in [0.15, 0.2) is 45.8 Å². The van der Waals surface area contributed by atoms with Crippen LogP contribution in [0.2, 0.25) is 0 Å². The summed E-state index contributed by atoms with van der Waals surface area (Å²) in [5.41, 5.74) is 0. The molecule has 22 heavy (non-hydrogen) atoms. The Morgan fingerprint density at radius 3 is 2.59 bits per heavy atom. The number of rotatable bonds is 3. The Morgan fingerprint density at radius 2 is 1.86 bits per heavy atom. The third-order valence-corrected chi connectivity index (χ3v) is 6.27. The average molecular weight is 384 g/mol. The lowest BCUT2D eigenvalue weighted by Gasteiger charge is -2.21. The first-order valence-electron chi connectivity index (χ1n) is 6.83. The highest BCUT2D eigenvalue weighted by molar-refractivity contribution is 9.10. The summed E-state index contributed by atoms with van der Waals surface area (Å²) in [7, 11) is -3.79. The van der Waals surface area contributed by atoms with E-state index in [2.05, 4.69) is 15.9 Å². The summed E-state index contributed by atoms with van der Waals surface area (Å²) in [5, 5.41) is 10.9. The van der Waals surface area contributed by atoms with Crippen molar-refractivity contribution in [1.82, 2.24) is 4.31 Å². The first-order chi connectivity index (χ1) is 10.4. The van der Waals surface area contributed by atoms with Crippen LogP contribution in [0.25, 0.3) is 10.8 Å². The number of aliphatic carboxylic acids is 1. The molecule has 1 fully saturated rings. The summed E-state index contributed by atoms with van der Waals surface area (Å²) in [6.45, 7) is 0.248. The molecular weight excluding hydrogens is 370 g/mol. The first kappa shape index (κ1) is 15.5. The monoisotopic (exact) mass is 383 g/mol. The maximum Gasteiger partial charge on any atom is 0.322 e. The van der Waals surface area contributed by atoms with Crippen LogP contribution in [0.3, 0.4) is 0 Å². The van der Waals surface area contributed by atoms with Crippen LogP contribution >= 0.6 is 15.9 Å². The van der Waals surface area contributed by atoms with Crippen molar-refractivity contribution in [2.75, 3.05) is 6.54 Å². The zero-order valence-corrected chi connectivity index (χ0v) is 14.0. The van der Waals surface area contributed by atoms with E-state index in [1.165, 1.54) is 6.07 Å². The fourth-order valence-electron chi connectivity index (χ4n) is 2.77. The zero-order valence-electron chi connectivity index (χ0n) is 11.6. The van der Waals surface area contributed by atoms with Crippen molar-refractivity contribution in [1.29, 1.82) is 0 Å². The van der Waals surface area contributed by atoms with Gasteiger partial charge in [-0.1, -0.05) is 28.1 Å². The fraction of sp³-hybridized carbons (Fsp3) is 0.267. The van der Waals surface area contributed by atoms with Gasteiger partial charge < -0.3 is 5.11 Å². The Balaban J connectivity index is 2.05. The Labute approximate surface area is 136 Å².